The average Bonchev–Trinajstić information content (AvgIpc) is 2.79. The summed E-state index contributed by atoms with van der Waals surface area (Å²) in [5, 5.41) is 2.74. The molecule has 0 spiro atoms. The maximum Gasteiger partial charge on any atom is 0.257 e. The number of likely N-dealkylation sites (N-methyl/N-ethyl adjacent to an activating group) is 1. The number of carbonyl (C=O) groups is 2. The molecule has 3 atom stereocenters. The van der Waals surface area contributed by atoms with E-state index in [0.29, 0.717) is 43.2 Å². The van der Waals surface area contributed by atoms with E-state index in [9.17, 15) is 14.0 Å². The van der Waals surface area contributed by atoms with Crippen LogP contribution in [0.15, 0.2) is 42.5 Å². The topological polar surface area (TPSA) is 71.1 Å². The molecule has 2 aromatic carbocycles. The fraction of sp³-hybridized carbons (Fsp3) is 0.462. The monoisotopic (exact) mass is 471 g/mol. The van der Waals surface area contributed by atoms with Gasteiger partial charge in [-0.1, -0.05) is 19.1 Å². The van der Waals surface area contributed by atoms with Crippen LogP contribution < -0.4 is 10.1 Å². The Balaban J connectivity index is 1.95. The number of benzene rings is 2. The number of carbonyl (C=O) groups excluding carboxylic acids is 2. The molecule has 0 saturated carbocycles. The molecule has 1 heterocycles. The number of halogens is 1. The lowest BCUT2D eigenvalue weighted by atomic mass is 10.0. The smallest absolute Gasteiger partial charge is 0.257 e. The predicted octanol–water partition coefficient (Wildman–Crippen LogP) is 3.79. The van der Waals surface area contributed by atoms with Crippen LogP contribution in [0.3, 0.4) is 0 Å². The number of fused-ring (bicyclic) bond motifs is 1. The second-order valence-electron chi connectivity index (χ2n) is 9.05. The molecular formula is C26H34FN3O4. The first-order valence-electron chi connectivity index (χ1n) is 11.5. The van der Waals surface area contributed by atoms with E-state index < -0.39 is 0 Å². The van der Waals surface area contributed by atoms with Crippen molar-refractivity contribution >= 4 is 17.5 Å². The summed E-state index contributed by atoms with van der Waals surface area (Å²) in [5.41, 5.74) is 1.85. The van der Waals surface area contributed by atoms with Crippen molar-refractivity contribution in [1.29, 1.82) is 0 Å². The Hall–Kier alpha value is -2.97. The fourth-order valence-corrected chi connectivity index (χ4v) is 4.22. The summed E-state index contributed by atoms with van der Waals surface area (Å²) in [4.78, 5) is 28.6. The molecule has 8 heteroatoms. The molecule has 0 saturated heterocycles. The maximum atomic E-state index is 13.8. The van der Waals surface area contributed by atoms with E-state index in [0.717, 1.165) is 5.56 Å². The highest BCUT2D eigenvalue weighted by molar-refractivity contribution is 5.98. The summed E-state index contributed by atoms with van der Waals surface area (Å²) < 4.78 is 25.7. The first-order chi connectivity index (χ1) is 16.2. The van der Waals surface area contributed by atoms with Gasteiger partial charge < -0.3 is 19.7 Å². The van der Waals surface area contributed by atoms with Gasteiger partial charge in [0.25, 0.3) is 5.91 Å². The molecule has 2 aromatic rings. The number of nitrogens with zero attached hydrogens (tertiary/aromatic N) is 2. The van der Waals surface area contributed by atoms with Crippen molar-refractivity contribution < 1.29 is 23.5 Å². The first kappa shape index (κ1) is 25.6. The minimum atomic E-state index is -0.266. The third-order valence-corrected chi connectivity index (χ3v) is 6.17. The molecule has 1 aliphatic rings. The summed E-state index contributed by atoms with van der Waals surface area (Å²) in [5.74, 6) is -0.134. The van der Waals surface area contributed by atoms with Crippen LogP contribution in [0.25, 0.3) is 0 Å². The van der Waals surface area contributed by atoms with Crippen LogP contribution in [-0.2, 0) is 16.1 Å². The van der Waals surface area contributed by atoms with Gasteiger partial charge >= 0.3 is 0 Å². The molecule has 1 aliphatic heterocycles. The summed E-state index contributed by atoms with van der Waals surface area (Å²) in [6.07, 6.45) is -0.182. The van der Waals surface area contributed by atoms with Gasteiger partial charge in [0.15, 0.2) is 0 Å². The van der Waals surface area contributed by atoms with Crippen LogP contribution in [0.4, 0.5) is 10.1 Å². The normalized spacial score (nSPS) is 22.2. The highest BCUT2D eigenvalue weighted by Gasteiger charge is 2.28. The number of amides is 2. The number of methoxy groups -OCH3 is 1. The Morgan fingerprint density at radius 3 is 2.65 bits per heavy atom. The summed E-state index contributed by atoms with van der Waals surface area (Å²) in [6.45, 7) is 7.52. The van der Waals surface area contributed by atoms with Crippen LogP contribution in [0.2, 0.25) is 0 Å². The molecule has 184 valence electrons. The van der Waals surface area contributed by atoms with Crippen LogP contribution in [-0.4, -0.2) is 67.6 Å². The van der Waals surface area contributed by atoms with Crippen LogP contribution in [0.5, 0.6) is 5.75 Å². The van der Waals surface area contributed by atoms with Crippen molar-refractivity contribution in [2.75, 3.05) is 39.2 Å². The molecule has 0 fully saturated rings. The lowest BCUT2D eigenvalue weighted by Gasteiger charge is -2.36. The molecule has 1 N–H and O–H groups in total. The minimum absolute atomic E-state index is 0.0345. The Labute approximate surface area is 200 Å². The molecule has 7 nitrogen and oxygen atoms in total. The largest absolute Gasteiger partial charge is 0.491 e. The Morgan fingerprint density at radius 2 is 1.97 bits per heavy atom. The van der Waals surface area contributed by atoms with Crippen molar-refractivity contribution in [3.63, 3.8) is 0 Å². The molecule has 34 heavy (non-hydrogen) atoms. The van der Waals surface area contributed by atoms with Gasteiger partial charge in [0.2, 0.25) is 5.91 Å². The second kappa shape index (κ2) is 11.4. The summed E-state index contributed by atoms with van der Waals surface area (Å²) in [7, 11) is 3.40. The Bertz CT molecular complexity index is 1020. The number of hydrogen-bond acceptors (Lipinski definition) is 5. The van der Waals surface area contributed by atoms with Gasteiger partial charge in [-0.05, 0) is 42.7 Å². The molecular weight excluding hydrogens is 437 g/mol. The number of rotatable bonds is 4. The van der Waals surface area contributed by atoms with Gasteiger partial charge in [-0.25, -0.2) is 4.39 Å². The Morgan fingerprint density at radius 1 is 1.21 bits per heavy atom. The number of ether oxygens (including phenoxy) is 2. The van der Waals surface area contributed by atoms with Gasteiger partial charge in [-0.3, -0.25) is 14.5 Å². The van der Waals surface area contributed by atoms with Gasteiger partial charge in [-0.2, -0.15) is 0 Å². The van der Waals surface area contributed by atoms with E-state index in [4.69, 9.17) is 9.47 Å². The molecule has 0 aliphatic carbocycles. The van der Waals surface area contributed by atoms with Crippen molar-refractivity contribution in [1.82, 2.24) is 9.80 Å². The maximum absolute atomic E-state index is 13.8. The standard InChI is InChI=1S/C26H34FN3O4/c1-17-13-30(14-20-7-6-8-21(27)11-20)18(2)16-34-24-12-22(28-19(3)31)9-10-23(24)26(32)29(4)15-25(17)33-5/h6-12,17-18,25H,13-16H2,1-5H3,(H,28,31)/t17-,18-,25-/m1/s1. The van der Waals surface area contributed by atoms with Crippen molar-refractivity contribution in [2.24, 2.45) is 5.92 Å². The van der Waals surface area contributed by atoms with Crippen molar-refractivity contribution in [3.8, 4) is 5.75 Å². The first-order valence-corrected chi connectivity index (χ1v) is 11.5. The molecule has 2 amide bonds. The second-order valence-corrected chi connectivity index (χ2v) is 9.05. The SMILES string of the molecule is CO[C@@H]1CN(C)C(=O)c2ccc(NC(C)=O)cc2OC[C@@H](C)N(Cc2cccc(F)c2)C[C@H]1C. The Kier molecular flexibility index (Phi) is 8.63. The predicted molar refractivity (Wildman–Crippen MR) is 129 cm³/mol. The molecule has 3 rings (SSSR count). The van der Waals surface area contributed by atoms with Gasteiger partial charge in [0, 0.05) is 58.5 Å². The molecule has 0 radical (unpaired) electrons. The van der Waals surface area contributed by atoms with E-state index >= 15 is 0 Å². The zero-order valence-corrected chi connectivity index (χ0v) is 20.5. The van der Waals surface area contributed by atoms with Crippen LogP contribution in [0.1, 0.15) is 36.7 Å². The number of hydrogen-bond donors (Lipinski definition) is 1. The molecule has 0 unspecified atom stereocenters. The van der Waals surface area contributed by atoms with Crippen molar-refractivity contribution in [2.45, 2.75) is 39.5 Å². The van der Waals surface area contributed by atoms with E-state index in [1.165, 1.54) is 13.0 Å². The van der Waals surface area contributed by atoms with Gasteiger partial charge in [-0.15, -0.1) is 0 Å². The lowest BCUT2D eigenvalue weighted by Crippen LogP contribution is -2.46. The highest BCUT2D eigenvalue weighted by Crippen LogP contribution is 2.27. The molecule has 0 bridgehead atoms. The van der Waals surface area contributed by atoms with Crippen LogP contribution >= 0.6 is 0 Å². The number of nitrogens with one attached hydrogen (secondary N) is 1. The van der Waals surface area contributed by atoms with E-state index in [1.807, 2.05) is 13.0 Å². The van der Waals surface area contributed by atoms with Gasteiger partial charge in [0.05, 0.1) is 11.7 Å². The zero-order valence-electron chi connectivity index (χ0n) is 20.5. The number of anilines is 1. The quantitative estimate of drug-likeness (QED) is 0.735. The fourth-order valence-electron chi connectivity index (χ4n) is 4.22. The van der Waals surface area contributed by atoms with E-state index in [-0.39, 0.29) is 35.7 Å². The zero-order chi connectivity index (χ0) is 24.8. The van der Waals surface area contributed by atoms with Crippen molar-refractivity contribution in [3.05, 3.63) is 59.4 Å². The summed E-state index contributed by atoms with van der Waals surface area (Å²) in [6, 6.07) is 11.6. The van der Waals surface area contributed by atoms with Crippen LogP contribution in [0, 0.1) is 11.7 Å². The van der Waals surface area contributed by atoms with E-state index in [2.05, 4.69) is 17.1 Å². The highest BCUT2D eigenvalue weighted by atomic mass is 19.1. The third kappa shape index (κ3) is 6.55. The minimum Gasteiger partial charge on any atom is -0.491 e. The van der Waals surface area contributed by atoms with Gasteiger partial charge in [0.1, 0.15) is 18.2 Å². The summed E-state index contributed by atoms with van der Waals surface area (Å²) >= 11 is 0. The average molecular weight is 472 g/mol. The van der Waals surface area contributed by atoms with E-state index in [1.54, 1.807) is 49.4 Å². The third-order valence-electron chi connectivity index (χ3n) is 6.17. The lowest BCUT2D eigenvalue weighted by molar-refractivity contribution is -0.114. The molecule has 0 aromatic heterocycles.